The zero-order valence-corrected chi connectivity index (χ0v) is 24.2. The molecule has 2 saturated heterocycles. The van der Waals surface area contributed by atoms with E-state index in [2.05, 4.69) is 47.9 Å². The van der Waals surface area contributed by atoms with Crippen LogP contribution in [0.3, 0.4) is 0 Å². The van der Waals surface area contributed by atoms with E-state index in [1.807, 2.05) is 11.3 Å². The fraction of sp³-hybridized carbons (Fsp3) is 0.586. The number of morpholine rings is 1. The van der Waals surface area contributed by atoms with Gasteiger partial charge in [0.25, 0.3) is 9.40 Å². The van der Waals surface area contributed by atoms with Crippen molar-refractivity contribution in [1.82, 2.24) is 4.98 Å². The van der Waals surface area contributed by atoms with E-state index in [0.29, 0.717) is 0 Å². The third-order valence-electron chi connectivity index (χ3n) is 8.52. The van der Waals surface area contributed by atoms with Gasteiger partial charge in [-0.3, -0.25) is 0 Å². The Morgan fingerprint density at radius 3 is 2.03 bits per heavy atom. The summed E-state index contributed by atoms with van der Waals surface area (Å²) in [4.78, 5) is 10.5. The molecule has 188 valence electrons. The molecule has 6 rings (SSSR count). The summed E-state index contributed by atoms with van der Waals surface area (Å²) in [6.07, 6.45) is 9.17. The van der Waals surface area contributed by atoms with Crippen LogP contribution in [0.2, 0.25) is 0 Å². The van der Waals surface area contributed by atoms with Gasteiger partial charge in [0.1, 0.15) is 11.0 Å². The Morgan fingerprint density at radius 2 is 1.40 bits per heavy atom. The number of aryl methyl sites for hydroxylation is 2. The van der Waals surface area contributed by atoms with Crippen LogP contribution in [-0.4, -0.2) is 44.4 Å². The average molecular weight is 604 g/mol. The molecule has 2 unspecified atom stereocenters. The van der Waals surface area contributed by atoms with Gasteiger partial charge in [-0.05, 0) is 60.8 Å². The minimum atomic E-state index is 0. The van der Waals surface area contributed by atoms with Crippen molar-refractivity contribution in [2.75, 3.05) is 49.2 Å². The van der Waals surface area contributed by atoms with E-state index < -0.39 is 0 Å². The molecule has 4 nitrogen and oxygen atoms in total. The highest BCUT2D eigenvalue weighted by atomic mass is 127. The minimum absolute atomic E-state index is 0. The molecule has 6 heteroatoms. The smallest absolute Gasteiger partial charge is 0.259 e. The molecular weight excluding hydrogens is 565 g/mol. The zero-order chi connectivity index (χ0) is 23.1. The molecule has 35 heavy (non-hydrogen) atoms. The Hall–Kier alpha value is -1.25. The molecule has 2 atom stereocenters. The van der Waals surface area contributed by atoms with Gasteiger partial charge in [-0.1, -0.05) is 33.1 Å². The molecule has 3 aliphatic rings. The molecule has 3 fully saturated rings. The third-order valence-corrected chi connectivity index (χ3v) is 9.58. The molecule has 1 aromatic heterocycles. The number of fused-ring (bicyclic) bond motifs is 3. The number of benzene rings is 2. The minimum Gasteiger partial charge on any atom is -1.00 e. The number of hydrogen-bond donors (Lipinski definition) is 0. The molecule has 0 N–H and O–H groups in total. The second-order valence-electron chi connectivity index (χ2n) is 10.5. The van der Waals surface area contributed by atoms with E-state index in [0.717, 1.165) is 51.0 Å². The summed E-state index contributed by atoms with van der Waals surface area (Å²) >= 11 is 1.94. The van der Waals surface area contributed by atoms with E-state index >= 15 is 0 Å². The second kappa shape index (κ2) is 11.0. The first kappa shape index (κ1) is 25.4. The third kappa shape index (κ3) is 4.99. The highest BCUT2D eigenvalue weighted by molar-refractivity contribution is 7.24. The summed E-state index contributed by atoms with van der Waals surface area (Å²) in [6.45, 7) is 10.6. The van der Waals surface area contributed by atoms with Crippen molar-refractivity contribution in [3.05, 3.63) is 35.4 Å². The molecule has 0 spiro atoms. The van der Waals surface area contributed by atoms with Crippen LogP contribution in [0.25, 0.3) is 20.4 Å². The molecule has 3 aromatic rings. The normalized spacial score (nSPS) is 22.8. The summed E-state index contributed by atoms with van der Waals surface area (Å²) < 4.78 is 8.26. The van der Waals surface area contributed by atoms with Crippen molar-refractivity contribution in [2.24, 2.45) is 11.8 Å². The zero-order valence-electron chi connectivity index (χ0n) is 21.2. The van der Waals surface area contributed by atoms with Crippen molar-refractivity contribution >= 4 is 43.1 Å². The van der Waals surface area contributed by atoms with Gasteiger partial charge < -0.3 is 38.5 Å². The number of ether oxygens (including phenoxy) is 1. The van der Waals surface area contributed by atoms with Crippen molar-refractivity contribution in [1.29, 1.82) is 0 Å². The largest absolute Gasteiger partial charge is 1.00 e. The summed E-state index contributed by atoms with van der Waals surface area (Å²) in [6, 6.07) is 9.64. The van der Waals surface area contributed by atoms with E-state index in [1.54, 1.807) is 0 Å². The number of hydrogen-bond acceptors (Lipinski definition) is 4. The maximum atomic E-state index is 5.60. The number of halogens is 1. The Bertz CT molecular complexity index is 1200. The molecule has 1 aliphatic carbocycles. The fourth-order valence-electron chi connectivity index (χ4n) is 6.50. The molecular formula is C29H38IN3OS. The lowest BCUT2D eigenvalue weighted by Crippen LogP contribution is -3.00. The van der Waals surface area contributed by atoms with Crippen LogP contribution in [-0.2, 0) is 17.6 Å². The maximum absolute atomic E-state index is 5.60. The summed E-state index contributed by atoms with van der Waals surface area (Å²) in [5.41, 5.74) is 7.92. The summed E-state index contributed by atoms with van der Waals surface area (Å²) in [5, 5.41) is 0. The predicted octanol–water partition coefficient (Wildman–Crippen LogP) is 3.71. The lowest BCUT2D eigenvalue weighted by molar-refractivity contribution is -0.00000757. The molecule has 0 bridgehead atoms. The quantitative estimate of drug-likeness (QED) is 0.259. The van der Waals surface area contributed by atoms with E-state index in [-0.39, 0.29) is 24.0 Å². The molecule has 1 saturated carbocycles. The summed E-state index contributed by atoms with van der Waals surface area (Å²) in [5.74, 6) is 1.86. The Labute approximate surface area is 231 Å². The van der Waals surface area contributed by atoms with Crippen LogP contribution in [0.15, 0.2) is 24.3 Å². The Balaban J connectivity index is 0.00000253. The van der Waals surface area contributed by atoms with Crippen molar-refractivity contribution in [3.8, 4) is 0 Å². The topological polar surface area (TPSA) is 28.6 Å². The van der Waals surface area contributed by atoms with Crippen molar-refractivity contribution in [3.63, 3.8) is 0 Å². The van der Waals surface area contributed by atoms with Gasteiger partial charge >= 0.3 is 0 Å². The van der Waals surface area contributed by atoms with Crippen LogP contribution in [0, 0.1) is 11.8 Å². The van der Waals surface area contributed by atoms with Crippen molar-refractivity contribution in [2.45, 2.75) is 58.8 Å². The van der Waals surface area contributed by atoms with Crippen LogP contribution < -0.4 is 33.8 Å². The Kier molecular flexibility index (Phi) is 7.99. The van der Waals surface area contributed by atoms with Crippen LogP contribution in [0.5, 0.6) is 0 Å². The first-order valence-corrected chi connectivity index (χ1v) is 14.4. The lowest BCUT2D eigenvalue weighted by atomic mass is 9.75. The van der Waals surface area contributed by atoms with Crippen LogP contribution >= 0.6 is 11.3 Å². The molecule has 2 aliphatic heterocycles. The van der Waals surface area contributed by atoms with E-state index in [9.17, 15) is 0 Å². The van der Waals surface area contributed by atoms with Crippen LogP contribution in [0.1, 0.15) is 57.1 Å². The number of piperidine rings is 1. The first-order chi connectivity index (χ1) is 16.7. The Morgan fingerprint density at radius 1 is 0.800 bits per heavy atom. The second-order valence-corrected chi connectivity index (χ2v) is 11.5. The number of rotatable bonds is 4. The highest BCUT2D eigenvalue weighted by Gasteiger charge is 2.32. The van der Waals surface area contributed by atoms with Gasteiger partial charge in [-0.2, -0.15) is 0 Å². The SMILES string of the molecule is CCc1cc(N2CCOCC2)cc2[s+]c3cc(N4CCC5CCCCC5C4)cc(CC)c3nc12.[I-]. The maximum Gasteiger partial charge on any atom is 0.259 e. The van der Waals surface area contributed by atoms with E-state index in [4.69, 9.17) is 9.72 Å². The highest BCUT2D eigenvalue weighted by Crippen LogP contribution is 2.40. The van der Waals surface area contributed by atoms with Gasteiger partial charge in [-0.25, -0.2) is 4.98 Å². The number of aromatic nitrogens is 1. The fourth-order valence-corrected chi connectivity index (χ4v) is 7.64. The molecule has 0 amide bonds. The average Bonchev–Trinajstić information content (AvgIpc) is 2.90. The van der Waals surface area contributed by atoms with Gasteiger partial charge in [-0.15, -0.1) is 0 Å². The van der Waals surface area contributed by atoms with Crippen molar-refractivity contribution < 1.29 is 28.7 Å². The molecule has 2 aromatic carbocycles. The molecule has 0 radical (unpaired) electrons. The number of nitrogens with zero attached hydrogens (tertiary/aromatic N) is 3. The number of anilines is 2. The van der Waals surface area contributed by atoms with E-state index in [1.165, 1.54) is 88.1 Å². The lowest BCUT2D eigenvalue weighted by Gasteiger charge is -2.42. The van der Waals surface area contributed by atoms with Gasteiger partial charge in [0, 0.05) is 49.7 Å². The van der Waals surface area contributed by atoms with Gasteiger partial charge in [0.05, 0.1) is 13.2 Å². The van der Waals surface area contributed by atoms with Gasteiger partial charge in [0.2, 0.25) is 11.3 Å². The van der Waals surface area contributed by atoms with Gasteiger partial charge in [0.15, 0.2) is 0 Å². The van der Waals surface area contributed by atoms with Crippen LogP contribution in [0.4, 0.5) is 11.4 Å². The summed E-state index contributed by atoms with van der Waals surface area (Å²) in [7, 11) is 0. The molecule has 3 heterocycles. The predicted molar refractivity (Wildman–Crippen MR) is 146 cm³/mol. The monoisotopic (exact) mass is 603 g/mol. The first-order valence-electron chi connectivity index (χ1n) is 13.5. The standard InChI is InChI=1S/C29H38N3OS.HI/c1-3-20-15-24(31-11-13-33-14-12-31)17-26-28(20)30-29-21(4-2)16-25(18-27(29)34-26)32-10-9-22-7-5-6-8-23(22)19-32;/h15-18,22-23H,3-14,19H2,1-2H3;1H/q+1;/p-1.